The van der Waals surface area contributed by atoms with Gasteiger partial charge in [-0.05, 0) is 24.3 Å². The van der Waals surface area contributed by atoms with E-state index in [0.717, 1.165) is 6.07 Å². The number of esters is 1. The van der Waals surface area contributed by atoms with Crippen LogP contribution in [-0.4, -0.2) is 16.1 Å². The number of nitrogens with zero attached hydrogens (tertiary/aromatic N) is 2. The van der Waals surface area contributed by atoms with Crippen LogP contribution in [0.5, 0.6) is 0 Å². The smallest absolute Gasteiger partial charge is 0.343 e. The SMILES string of the molecule is O=C(OCc1noc(-c2ccccc2Cl)n1)c1c(F)cccc1Cl. The van der Waals surface area contributed by atoms with Gasteiger partial charge in [-0.2, -0.15) is 4.98 Å². The van der Waals surface area contributed by atoms with E-state index in [9.17, 15) is 9.18 Å². The molecule has 0 bridgehead atoms. The second-order valence-corrected chi connectivity index (χ2v) is 5.48. The molecule has 0 radical (unpaired) electrons. The van der Waals surface area contributed by atoms with Crippen LogP contribution in [0.15, 0.2) is 47.0 Å². The molecule has 0 unspecified atom stereocenters. The Kier molecular flexibility index (Phi) is 4.78. The van der Waals surface area contributed by atoms with Gasteiger partial charge in [0.25, 0.3) is 5.89 Å². The molecule has 0 spiro atoms. The summed E-state index contributed by atoms with van der Waals surface area (Å²) in [7, 11) is 0. The molecule has 8 heteroatoms. The van der Waals surface area contributed by atoms with Crippen molar-refractivity contribution in [1.82, 2.24) is 10.1 Å². The molecule has 5 nitrogen and oxygen atoms in total. The third kappa shape index (κ3) is 3.39. The lowest BCUT2D eigenvalue weighted by Crippen LogP contribution is -2.09. The molecule has 0 fully saturated rings. The number of hydrogen-bond acceptors (Lipinski definition) is 5. The molecule has 0 saturated heterocycles. The highest BCUT2D eigenvalue weighted by Gasteiger charge is 2.19. The Balaban J connectivity index is 1.72. The first-order valence-corrected chi connectivity index (χ1v) is 7.50. The van der Waals surface area contributed by atoms with Crippen molar-refractivity contribution in [2.24, 2.45) is 0 Å². The van der Waals surface area contributed by atoms with E-state index < -0.39 is 11.8 Å². The fraction of sp³-hybridized carbons (Fsp3) is 0.0625. The van der Waals surface area contributed by atoms with Crippen molar-refractivity contribution in [3.8, 4) is 11.5 Å². The molecule has 1 heterocycles. The van der Waals surface area contributed by atoms with E-state index in [1.165, 1.54) is 12.1 Å². The molecule has 0 aliphatic carbocycles. The van der Waals surface area contributed by atoms with Crippen LogP contribution in [-0.2, 0) is 11.3 Å². The van der Waals surface area contributed by atoms with Gasteiger partial charge in [-0.1, -0.05) is 46.6 Å². The molecule has 0 aliphatic heterocycles. The van der Waals surface area contributed by atoms with E-state index in [1.807, 2.05) is 0 Å². The molecule has 0 saturated carbocycles. The van der Waals surface area contributed by atoms with Crippen LogP contribution in [0, 0.1) is 5.82 Å². The Hall–Kier alpha value is -2.44. The van der Waals surface area contributed by atoms with Crippen LogP contribution in [0.4, 0.5) is 4.39 Å². The standard InChI is InChI=1S/C16H9Cl2FN2O3/c17-10-5-2-1-4-9(10)15-20-13(21-24-15)8-23-16(22)14-11(18)6-3-7-12(14)19/h1-7H,8H2. The lowest BCUT2D eigenvalue weighted by molar-refractivity contribution is 0.0454. The molecule has 0 amide bonds. The third-order valence-corrected chi connectivity index (χ3v) is 3.72. The highest BCUT2D eigenvalue weighted by molar-refractivity contribution is 6.33. The van der Waals surface area contributed by atoms with Crippen molar-refractivity contribution in [2.45, 2.75) is 6.61 Å². The molecule has 0 aliphatic rings. The van der Waals surface area contributed by atoms with Crippen LogP contribution < -0.4 is 0 Å². The van der Waals surface area contributed by atoms with E-state index in [0.29, 0.717) is 10.6 Å². The predicted molar refractivity (Wildman–Crippen MR) is 85.3 cm³/mol. The summed E-state index contributed by atoms with van der Waals surface area (Å²) in [4.78, 5) is 16.0. The summed E-state index contributed by atoms with van der Waals surface area (Å²) in [6.45, 7) is -0.294. The molecular formula is C16H9Cl2FN2O3. The first-order valence-electron chi connectivity index (χ1n) is 6.75. The van der Waals surface area contributed by atoms with E-state index in [4.69, 9.17) is 32.5 Å². The second kappa shape index (κ2) is 6.98. The maximum atomic E-state index is 13.6. The van der Waals surface area contributed by atoms with Crippen molar-refractivity contribution in [3.05, 3.63) is 69.7 Å². The Bertz CT molecular complexity index is 878. The summed E-state index contributed by atoms with van der Waals surface area (Å²) in [5.41, 5.74) is 0.218. The average molecular weight is 367 g/mol. The summed E-state index contributed by atoms with van der Waals surface area (Å²) < 4.78 is 23.7. The number of rotatable bonds is 4. The van der Waals surface area contributed by atoms with Crippen molar-refractivity contribution < 1.29 is 18.4 Å². The quantitative estimate of drug-likeness (QED) is 0.634. The van der Waals surface area contributed by atoms with Gasteiger partial charge in [0.15, 0.2) is 6.61 Å². The predicted octanol–water partition coefficient (Wildman–Crippen LogP) is 4.54. The minimum absolute atomic E-state index is 0.0372. The number of halogens is 3. The van der Waals surface area contributed by atoms with Gasteiger partial charge in [-0.15, -0.1) is 0 Å². The molecule has 3 rings (SSSR count). The summed E-state index contributed by atoms with van der Waals surface area (Å²) in [5, 5.41) is 4.11. The van der Waals surface area contributed by atoms with Gasteiger partial charge in [0, 0.05) is 0 Å². The lowest BCUT2D eigenvalue weighted by Gasteiger charge is -2.04. The third-order valence-electron chi connectivity index (χ3n) is 3.07. The summed E-state index contributed by atoms with van der Waals surface area (Å²) in [5.74, 6) is -1.37. The van der Waals surface area contributed by atoms with Crippen LogP contribution in [0.2, 0.25) is 10.0 Å². The van der Waals surface area contributed by atoms with Gasteiger partial charge in [0.05, 0.1) is 15.6 Å². The highest BCUT2D eigenvalue weighted by Crippen LogP contribution is 2.26. The fourth-order valence-corrected chi connectivity index (χ4v) is 2.41. The van der Waals surface area contributed by atoms with Gasteiger partial charge >= 0.3 is 5.97 Å². The number of carbonyl (C=O) groups excluding carboxylic acids is 1. The number of carbonyl (C=O) groups is 1. The fourth-order valence-electron chi connectivity index (χ4n) is 1.95. The van der Waals surface area contributed by atoms with Gasteiger partial charge in [0.2, 0.25) is 5.82 Å². The average Bonchev–Trinajstić information content (AvgIpc) is 3.02. The van der Waals surface area contributed by atoms with E-state index in [2.05, 4.69) is 10.1 Å². The Morgan fingerprint density at radius 2 is 1.88 bits per heavy atom. The molecular weight excluding hydrogens is 358 g/mol. The number of hydrogen-bond donors (Lipinski definition) is 0. The Labute approximate surface area is 146 Å². The monoisotopic (exact) mass is 366 g/mol. The molecule has 3 aromatic rings. The molecule has 1 aromatic heterocycles. The second-order valence-electron chi connectivity index (χ2n) is 4.67. The molecule has 2 aromatic carbocycles. The van der Waals surface area contributed by atoms with Gasteiger partial charge < -0.3 is 9.26 Å². The number of aromatic nitrogens is 2. The van der Waals surface area contributed by atoms with E-state index in [1.54, 1.807) is 24.3 Å². The normalized spacial score (nSPS) is 10.6. The Morgan fingerprint density at radius 1 is 1.12 bits per heavy atom. The van der Waals surface area contributed by atoms with Crippen LogP contribution in [0.1, 0.15) is 16.2 Å². The number of ether oxygens (including phenoxy) is 1. The summed E-state index contributed by atoms with van der Waals surface area (Å²) in [6.07, 6.45) is 0. The maximum Gasteiger partial charge on any atom is 0.343 e. The zero-order valence-electron chi connectivity index (χ0n) is 12.0. The largest absolute Gasteiger partial charge is 0.454 e. The van der Waals surface area contributed by atoms with Crippen LogP contribution in [0.25, 0.3) is 11.5 Å². The van der Waals surface area contributed by atoms with Crippen molar-refractivity contribution in [1.29, 1.82) is 0 Å². The van der Waals surface area contributed by atoms with Crippen LogP contribution in [0.3, 0.4) is 0 Å². The first kappa shape index (κ1) is 16.4. The molecule has 0 atom stereocenters. The van der Waals surface area contributed by atoms with Crippen LogP contribution >= 0.6 is 23.2 Å². The van der Waals surface area contributed by atoms with Crippen molar-refractivity contribution in [3.63, 3.8) is 0 Å². The zero-order chi connectivity index (χ0) is 17.1. The minimum Gasteiger partial charge on any atom is -0.454 e. The highest BCUT2D eigenvalue weighted by atomic mass is 35.5. The van der Waals surface area contributed by atoms with Gasteiger partial charge in [-0.3, -0.25) is 0 Å². The topological polar surface area (TPSA) is 65.2 Å². The lowest BCUT2D eigenvalue weighted by atomic mass is 10.2. The molecule has 24 heavy (non-hydrogen) atoms. The van der Waals surface area contributed by atoms with Gasteiger partial charge in [0.1, 0.15) is 11.4 Å². The zero-order valence-corrected chi connectivity index (χ0v) is 13.5. The molecule has 0 N–H and O–H groups in total. The number of benzene rings is 2. The van der Waals surface area contributed by atoms with E-state index in [-0.39, 0.29) is 28.9 Å². The summed E-state index contributed by atoms with van der Waals surface area (Å²) >= 11 is 11.8. The maximum absolute atomic E-state index is 13.6. The van der Waals surface area contributed by atoms with Gasteiger partial charge in [-0.25, -0.2) is 9.18 Å². The first-order chi connectivity index (χ1) is 11.6. The van der Waals surface area contributed by atoms with E-state index >= 15 is 0 Å². The molecule has 122 valence electrons. The minimum atomic E-state index is -0.915. The van der Waals surface area contributed by atoms with Crippen molar-refractivity contribution in [2.75, 3.05) is 0 Å². The van der Waals surface area contributed by atoms with Crippen molar-refractivity contribution >= 4 is 29.2 Å². The summed E-state index contributed by atoms with van der Waals surface area (Å²) in [6, 6.07) is 10.8. The Morgan fingerprint density at radius 3 is 2.62 bits per heavy atom.